The summed E-state index contributed by atoms with van der Waals surface area (Å²) in [6, 6.07) is -2.82. The number of carbonyl (C=O) groups excluding carboxylic acids is 8. The van der Waals surface area contributed by atoms with Crippen LogP contribution in [0, 0.1) is 0 Å². The van der Waals surface area contributed by atoms with E-state index in [0.717, 1.165) is 23.8 Å². The zero-order chi connectivity index (χ0) is 41.2. The molecule has 7 amide bonds. The van der Waals surface area contributed by atoms with E-state index >= 15 is 0 Å². The van der Waals surface area contributed by atoms with Crippen LogP contribution in [0.5, 0.6) is 0 Å². The SMILES string of the molecule is COC(=O)CNC(=O)[C@H](CSC1CC(=O)N(CCC(=O)NC(C)(C)COC(C)CC(=O)NCCN)C1=O)NC(=O)CC[C@H](NC(=O)OC(C)(C)C)C(=O)O. The van der Waals surface area contributed by atoms with E-state index in [1.807, 2.05) is 0 Å². The summed E-state index contributed by atoms with van der Waals surface area (Å²) in [5.74, 6) is -5.82. The number of ether oxygens (including phenoxy) is 3. The Morgan fingerprint density at radius 3 is 2.22 bits per heavy atom. The van der Waals surface area contributed by atoms with Crippen molar-refractivity contribution in [3.63, 3.8) is 0 Å². The Labute approximate surface area is 318 Å². The molecule has 0 saturated carbocycles. The predicted molar refractivity (Wildman–Crippen MR) is 194 cm³/mol. The molecule has 1 aliphatic heterocycles. The van der Waals surface area contributed by atoms with Crippen molar-refractivity contribution in [1.29, 1.82) is 0 Å². The number of esters is 1. The van der Waals surface area contributed by atoms with E-state index in [4.69, 9.17) is 15.2 Å². The topological polar surface area (TPSA) is 291 Å². The van der Waals surface area contributed by atoms with Crippen LogP contribution in [-0.4, -0.2) is 144 Å². The molecular weight excluding hydrogens is 734 g/mol. The molecule has 20 nitrogen and oxygen atoms in total. The molecule has 0 aliphatic carbocycles. The van der Waals surface area contributed by atoms with Gasteiger partial charge < -0.3 is 51.6 Å². The summed E-state index contributed by atoms with van der Waals surface area (Å²) in [4.78, 5) is 113. The summed E-state index contributed by atoms with van der Waals surface area (Å²) >= 11 is 0.900. The number of nitrogens with zero attached hydrogens (tertiary/aromatic N) is 1. The van der Waals surface area contributed by atoms with Crippen molar-refractivity contribution in [3.8, 4) is 0 Å². The van der Waals surface area contributed by atoms with Gasteiger partial charge in [-0.1, -0.05) is 0 Å². The fourth-order valence-corrected chi connectivity index (χ4v) is 5.85. The molecule has 0 aromatic heterocycles. The number of thioether (sulfide) groups is 1. The Bertz CT molecular complexity index is 1370. The van der Waals surface area contributed by atoms with Crippen LogP contribution < -0.4 is 32.3 Å². The fraction of sp³-hybridized carbons (Fsp3) is 0.727. The van der Waals surface area contributed by atoms with E-state index in [1.54, 1.807) is 41.5 Å². The average molecular weight is 790 g/mol. The van der Waals surface area contributed by atoms with Gasteiger partial charge in [0, 0.05) is 44.6 Å². The van der Waals surface area contributed by atoms with E-state index < -0.39 is 95.1 Å². The predicted octanol–water partition coefficient (Wildman–Crippen LogP) is -1.47. The van der Waals surface area contributed by atoms with Crippen LogP contribution in [0.15, 0.2) is 0 Å². The lowest BCUT2D eigenvalue weighted by Crippen LogP contribution is -2.50. The number of alkyl carbamates (subject to hydrolysis) is 1. The quantitative estimate of drug-likeness (QED) is 0.0460. The van der Waals surface area contributed by atoms with Gasteiger partial charge in [-0.25, -0.2) is 9.59 Å². The minimum atomic E-state index is -1.49. The van der Waals surface area contributed by atoms with Crippen LogP contribution in [0.2, 0.25) is 0 Å². The highest BCUT2D eigenvalue weighted by atomic mass is 32.2. The normalized spacial score (nSPS) is 16.1. The summed E-state index contributed by atoms with van der Waals surface area (Å²) in [7, 11) is 1.11. The number of nitrogens with two attached hydrogens (primary N) is 1. The number of carboxylic acid groups (broad SMARTS) is 1. The first-order chi connectivity index (χ1) is 25.1. The number of hydrogen-bond acceptors (Lipinski definition) is 14. The third kappa shape index (κ3) is 19.0. The second kappa shape index (κ2) is 22.7. The van der Waals surface area contributed by atoms with Gasteiger partial charge in [0.25, 0.3) is 0 Å². The van der Waals surface area contributed by atoms with Crippen molar-refractivity contribution >= 4 is 65.2 Å². The monoisotopic (exact) mass is 789 g/mol. The van der Waals surface area contributed by atoms with Gasteiger partial charge >= 0.3 is 18.0 Å². The molecule has 54 heavy (non-hydrogen) atoms. The van der Waals surface area contributed by atoms with Crippen molar-refractivity contribution in [3.05, 3.63) is 0 Å². The molecule has 306 valence electrons. The fourth-order valence-electron chi connectivity index (χ4n) is 4.66. The molecule has 0 aromatic rings. The maximum absolute atomic E-state index is 13.2. The number of carbonyl (C=O) groups is 9. The summed E-state index contributed by atoms with van der Waals surface area (Å²) in [5, 5.41) is 20.9. The second-order valence-electron chi connectivity index (χ2n) is 14.0. The Hall–Kier alpha value is -4.50. The Morgan fingerprint density at radius 1 is 0.963 bits per heavy atom. The maximum Gasteiger partial charge on any atom is 0.408 e. The summed E-state index contributed by atoms with van der Waals surface area (Å²) < 4.78 is 15.3. The number of likely N-dealkylation sites (tertiary alicyclic amines) is 1. The van der Waals surface area contributed by atoms with Gasteiger partial charge in [-0.2, -0.15) is 0 Å². The van der Waals surface area contributed by atoms with Gasteiger partial charge in [0.15, 0.2) is 0 Å². The number of nitrogens with one attached hydrogen (secondary N) is 5. The molecule has 0 spiro atoms. The third-order valence-electron chi connectivity index (χ3n) is 7.31. The number of rotatable bonds is 23. The van der Waals surface area contributed by atoms with E-state index in [0.29, 0.717) is 13.1 Å². The highest BCUT2D eigenvalue weighted by Gasteiger charge is 2.40. The minimum Gasteiger partial charge on any atom is -0.480 e. The van der Waals surface area contributed by atoms with E-state index in [1.165, 1.54) is 0 Å². The zero-order valence-electron chi connectivity index (χ0n) is 31.9. The van der Waals surface area contributed by atoms with Gasteiger partial charge in [0.05, 0.1) is 37.0 Å². The van der Waals surface area contributed by atoms with Crippen molar-refractivity contribution < 1.29 is 62.5 Å². The minimum absolute atomic E-state index is 0.0817. The summed E-state index contributed by atoms with van der Waals surface area (Å²) in [5.41, 5.74) is 3.64. The largest absolute Gasteiger partial charge is 0.480 e. The lowest BCUT2D eigenvalue weighted by Gasteiger charge is -2.28. The number of aliphatic carboxylic acids is 1. The summed E-state index contributed by atoms with van der Waals surface area (Å²) in [6.07, 6.45) is -2.57. The van der Waals surface area contributed by atoms with Gasteiger partial charge in [0.1, 0.15) is 24.2 Å². The van der Waals surface area contributed by atoms with Crippen LogP contribution in [-0.2, 0) is 52.6 Å². The van der Waals surface area contributed by atoms with Gasteiger partial charge in [-0.3, -0.25) is 38.5 Å². The molecule has 21 heteroatoms. The van der Waals surface area contributed by atoms with E-state index in [-0.39, 0.29) is 50.5 Å². The van der Waals surface area contributed by atoms with Crippen LogP contribution in [0.25, 0.3) is 0 Å². The van der Waals surface area contributed by atoms with Crippen molar-refractivity contribution in [1.82, 2.24) is 31.5 Å². The van der Waals surface area contributed by atoms with E-state index in [2.05, 4.69) is 31.3 Å². The number of hydrogen-bond donors (Lipinski definition) is 7. The number of methoxy groups -OCH3 is 1. The maximum atomic E-state index is 13.2. The second-order valence-corrected chi connectivity index (χ2v) is 15.3. The Morgan fingerprint density at radius 2 is 1.63 bits per heavy atom. The van der Waals surface area contributed by atoms with Gasteiger partial charge in [-0.05, 0) is 48.0 Å². The first kappa shape index (κ1) is 47.5. The molecule has 0 bridgehead atoms. The van der Waals surface area contributed by atoms with Crippen LogP contribution in [0.3, 0.4) is 0 Å². The molecule has 1 saturated heterocycles. The number of amides is 7. The Kier molecular flexibility index (Phi) is 19.9. The van der Waals surface area contributed by atoms with Crippen molar-refractivity contribution in [2.24, 2.45) is 5.73 Å². The molecule has 0 radical (unpaired) electrons. The highest BCUT2D eigenvalue weighted by molar-refractivity contribution is 8.00. The highest BCUT2D eigenvalue weighted by Crippen LogP contribution is 2.26. The molecule has 8 N–H and O–H groups in total. The molecule has 1 aliphatic rings. The first-order valence-corrected chi connectivity index (χ1v) is 18.3. The molecule has 1 heterocycles. The van der Waals surface area contributed by atoms with Crippen LogP contribution in [0.1, 0.15) is 73.6 Å². The molecule has 1 fully saturated rings. The third-order valence-corrected chi connectivity index (χ3v) is 8.61. The van der Waals surface area contributed by atoms with Crippen molar-refractivity contribution in [2.75, 3.05) is 45.6 Å². The summed E-state index contributed by atoms with van der Waals surface area (Å²) in [6.45, 7) is 9.91. The Balaban J connectivity index is 2.79. The van der Waals surface area contributed by atoms with E-state index in [9.17, 15) is 48.3 Å². The average Bonchev–Trinajstić information content (AvgIpc) is 3.34. The molecular formula is C33H55N7O13S. The first-order valence-electron chi connectivity index (χ1n) is 17.3. The smallest absolute Gasteiger partial charge is 0.408 e. The molecule has 2 unspecified atom stereocenters. The van der Waals surface area contributed by atoms with Gasteiger partial charge in [-0.15, -0.1) is 11.8 Å². The standard InChI is InChI=1S/C33H55N7O13S/c1-19(14-25(43)35-12-11-34)52-18-33(5,6)39-24(42)10-13-40-26(44)15-22(29(40)47)54-17-21(28(46)36-16-27(45)51-7)37-23(41)9-8-20(30(48)49)38-31(50)53-32(2,3)4/h19-22H,8-18,34H2,1-7H3,(H,35,43)(H,36,46)(H,37,41)(H,38,50)(H,39,42)(H,48,49)/t19?,20-,21-,22?/m0/s1. The molecule has 1 rings (SSSR count). The number of imide groups is 1. The number of carboxylic acids is 1. The molecule has 0 aromatic carbocycles. The van der Waals surface area contributed by atoms with Crippen molar-refractivity contribution in [2.45, 2.75) is 108 Å². The van der Waals surface area contributed by atoms with Crippen LogP contribution >= 0.6 is 11.8 Å². The van der Waals surface area contributed by atoms with Crippen LogP contribution in [0.4, 0.5) is 4.79 Å². The zero-order valence-corrected chi connectivity index (χ0v) is 32.7. The van der Waals surface area contributed by atoms with Gasteiger partial charge in [0.2, 0.25) is 35.4 Å². The lowest BCUT2D eigenvalue weighted by atomic mass is 10.1. The molecule has 4 atom stereocenters. The lowest BCUT2D eigenvalue weighted by molar-refractivity contribution is -0.141.